The monoisotopic (exact) mass is 354 g/mol. The molecule has 132 valence electrons. The molecule has 1 aromatic rings. The highest BCUT2D eigenvalue weighted by atomic mass is 35.5. The van der Waals surface area contributed by atoms with Crippen molar-refractivity contribution in [2.75, 3.05) is 18.5 Å². The summed E-state index contributed by atoms with van der Waals surface area (Å²) in [5.74, 6) is -0.165. The second-order valence-corrected chi connectivity index (χ2v) is 6.91. The number of nitrogens with one attached hydrogen (secondary N) is 1. The number of carbonyl (C=O) groups is 2. The number of nitrogens with zero attached hydrogens (tertiary/aromatic N) is 1. The summed E-state index contributed by atoms with van der Waals surface area (Å²) in [7, 11) is 0. The van der Waals surface area contributed by atoms with E-state index in [2.05, 4.69) is 5.32 Å². The van der Waals surface area contributed by atoms with Crippen LogP contribution in [0.1, 0.15) is 25.8 Å². The quantitative estimate of drug-likeness (QED) is 0.871. The van der Waals surface area contributed by atoms with Crippen molar-refractivity contribution in [3.05, 3.63) is 28.8 Å². The molecule has 1 heterocycles. The number of β-amino-alcohol motifs (C(OH)–C–C–N with tert-alkyl or cyclic N) is 1. The summed E-state index contributed by atoms with van der Waals surface area (Å²) in [6, 6.07) is 4.43. The number of carbonyl (C=O) groups excluding carboxylic acids is 2. The predicted octanol–water partition coefficient (Wildman–Crippen LogP) is 2.81. The van der Waals surface area contributed by atoms with Crippen molar-refractivity contribution in [3.63, 3.8) is 0 Å². The third-order valence-electron chi connectivity index (χ3n) is 3.81. The van der Waals surface area contributed by atoms with Crippen LogP contribution < -0.4 is 5.32 Å². The highest BCUT2D eigenvalue weighted by Crippen LogP contribution is 2.24. The van der Waals surface area contributed by atoms with Crippen LogP contribution in [0.15, 0.2) is 18.2 Å². The summed E-state index contributed by atoms with van der Waals surface area (Å²) in [6.07, 6.45) is -1.14. The number of ether oxygens (including phenoxy) is 1. The molecule has 2 atom stereocenters. The van der Waals surface area contributed by atoms with Crippen LogP contribution in [0.4, 0.5) is 10.5 Å². The first-order chi connectivity index (χ1) is 11.3. The summed E-state index contributed by atoms with van der Waals surface area (Å²) >= 11 is 5.96. The topological polar surface area (TPSA) is 78.9 Å². The fourth-order valence-electron chi connectivity index (χ4n) is 2.53. The predicted molar refractivity (Wildman–Crippen MR) is 92.1 cm³/mol. The van der Waals surface area contributed by atoms with Gasteiger partial charge in [0.1, 0.15) is 6.04 Å². The number of halogens is 1. The summed E-state index contributed by atoms with van der Waals surface area (Å²) in [4.78, 5) is 26.0. The second kappa shape index (κ2) is 7.85. The summed E-state index contributed by atoms with van der Waals surface area (Å²) in [6.45, 7) is 6.07. The number of aliphatic hydroxyl groups excluding tert-OH is 1. The van der Waals surface area contributed by atoms with E-state index in [1.165, 1.54) is 4.90 Å². The number of aryl methyl sites for hydroxylation is 1. The standard InChI is InChI=1S/C17H23ClN2O4/c1-10(2)9-24-17(23)20-8-13(21)7-15(20)16(22)19-14-6-12(18)5-4-11(14)3/h4-6,10,13,15,21H,7-9H2,1-3H3,(H,19,22)/t13-,15+/m1/s1. The van der Waals surface area contributed by atoms with Crippen LogP contribution in [0.2, 0.25) is 5.02 Å². The molecule has 0 bridgehead atoms. The molecule has 7 heteroatoms. The first-order valence-corrected chi connectivity index (χ1v) is 8.34. The minimum atomic E-state index is -0.766. The van der Waals surface area contributed by atoms with E-state index in [1.54, 1.807) is 18.2 Å². The largest absolute Gasteiger partial charge is 0.449 e. The van der Waals surface area contributed by atoms with Gasteiger partial charge in [-0.15, -0.1) is 0 Å². The number of amides is 2. The lowest BCUT2D eigenvalue weighted by Crippen LogP contribution is -2.43. The minimum absolute atomic E-state index is 0.0868. The van der Waals surface area contributed by atoms with E-state index in [4.69, 9.17) is 16.3 Å². The molecule has 0 saturated carbocycles. The lowest BCUT2D eigenvalue weighted by atomic mass is 10.1. The number of benzene rings is 1. The van der Waals surface area contributed by atoms with E-state index in [0.717, 1.165) is 5.56 Å². The van der Waals surface area contributed by atoms with E-state index in [9.17, 15) is 14.7 Å². The molecule has 1 fully saturated rings. The molecule has 0 aromatic heterocycles. The number of hydrogen-bond donors (Lipinski definition) is 2. The smallest absolute Gasteiger partial charge is 0.410 e. The summed E-state index contributed by atoms with van der Waals surface area (Å²) < 4.78 is 5.18. The fraction of sp³-hybridized carbons (Fsp3) is 0.529. The van der Waals surface area contributed by atoms with E-state index in [0.29, 0.717) is 10.7 Å². The number of hydrogen-bond acceptors (Lipinski definition) is 4. The fourth-order valence-corrected chi connectivity index (χ4v) is 2.70. The Balaban J connectivity index is 2.08. The average Bonchev–Trinajstić information content (AvgIpc) is 2.90. The average molecular weight is 355 g/mol. The van der Waals surface area contributed by atoms with Gasteiger partial charge in [0, 0.05) is 17.1 Å². The van der Waals surface area contributed by atoms with Crippen LogP contribution in [0, 0.1) is 12.8 Å². The van der Waals surface area contributed by atoms with Gasteiger partial charge in [-0.3, -0.25) is 9.69 Å². The van der Waals surface area contributed by atoms with Gasteiger partial charge in [0.05, 0.1) is 19.3 Å². The molecule has 2 amide bonds. The summed E-state index contributed by atoms with van der Waals surface area (Å²) in [5.41, 5.74) is 1.45. The lowest BCUT2D eigenvalue weighted by molar-refractivity contribution is -0.120. The summed E-state index contributed by atoms with van der Waals surface area (Å²) in [5, 5.41) is 13.1. The maximum Gasteiger partial charge on any atom is 0.410 e. The Kier molecular flexibility index (Phi) is 6.07. The van der Waals surface area contributed by atoms with Crippen LogP contribution in [-0.4, -0.2) is 47.3 Å². The Bertz CT molecular complexity index is 621. The molecular formula is C17H23ClN2O4. The number of rotatable bonds is 4. The molecule has 0 aliphatic carbocycles. The van der Waals surface area contributed by atoms with E-state index < -0.39 is 18.2 Å². The van der Waals surface area contributed by atoms with Crippen molar-refractivity contribution in [3.8, 4) is 0 Å². The van der Waals surface area contributed by atoms with Crippen molar-refractivity contribution < 1.29 is 19.4 Å². The van der Waals surface area contributed by atoms with E-state index in [-0.39, 0.29) is 31.4 Å². The van der Waals surface area contributed by atoms with Crippen molar-refractivity contribution in [1.29, 1.82) is 0 Å². The number of aliphatic hydroxyl groups is 1. The van der Waals surface area contributed by atoms with Gasteiger partial charge in [0.2, 0.25) is 5.91 Å². The van der Waals surface area contributed by atoms with E-state index >= 15 is 0 Å². The molecule has 24 heavy (non-hydrogen) atoms. The zero-order chi connectivity index (χ0) is 17.9. The Morgan fingerprint density at radius 3 is 2.83 bits per heavy atom. The lowest BCUT2D eigenvalue weighted by Gasteiger charge is -2.23. The maximum atomic E-state index is 12.6. The number of likely N-dealkylation sites (tertiary alicyclic amines) is 1. The van der Waals surface area contributed by atoms with Gasteiger partial charge in [0.25, 0.3) is 0 Å². The van der Waals surface area contributed by atoms with Gasteiger partial charge in [-0.05, 0) is 30.5 Å². The van der Waals surface area contributed by atoms with Crippen LogP contribution in [0.25, 0.3) is 0 Å². The molecule has 1 aromatic carbocycles. The normalized spacial score (nSPS) is 20.3. The maximum absolute atomic E-state index is 12.6. The van der Waals surface area contributed by atoms with Crippen molar-refractivity contribution in [2.24, 2.45) is 5.92 Å². The SMILES string of the molecule is Cc1ccc(Cl)cc1NC(=O)[C@@H]1C[C@@H](O)CN1C(=O)OCC(C)C. The Hall–Kier alpha value is -1.79. The molecule has 6 nitrogen and oxygen atoms in total. The van der Waals surface area contributed by atoms with Gasteiger partial charge in [0.15, 0.2) is 0 Å². The van der Waals surface area contributed by atoms with Gasteiger partial charge in [-0.25, -0.2) is 4.79 Å². The van der Waals surface area contributed by atoms with Crippen LogP contribution in [0.3, 0.4) is 0 Å². The third-order valence-corrected chi connectivity index (χ3v) is 4.05. The molecule has 1 saturated heterocycles. The van der Waals surface area contributed by atoms with Crippen molar-refractivity contribution in [2.45, 2.75) is 39.3 Å². The van der Waals surface area contributed by atoms with Crippen LogP contribution in [-0.2, 0) is 9.53 Å². The molecule has 1 aliphatic rings. The first-order valence-electron chi connectivity index (χ1n) is 7.96. The molecule has 1 aliphatic heterocycles. The Morgan fingerprint density at radius 1 is 1.46 bits per heavy atom. The third kappa shape index (κ3) is 4.61. The first kappa shape index (κ1) is 18.5. The van der Waals surface area contributed by atoms with Crippen LogP contribution >= 0.6 is 11.6 Å². The zero-order valence-electron chi connectivity index (χ0n) is 14.1. The molecule has 0 radical (unpaired) electrons. The highest BCUT2D eigenvalue weighted by molar-refractivity contribution is 6.31. The van der Waals surface area contributed by atoms with E-state index in [1.807, 2.05) is 20.8 Å². The molecule has 0 spiro atoms. The van der Waals surface area contributed by atoms with Gasteiger partial charge < -0.3 is 15.2 Å². The molecule has 0 unspecified atom stereocenters. The molecule has 2 N–H and O–H groups in total. The molecule has 2 rings (SSSR count). The van der Waals surface area contributed by atoms with Gasteiger partial charge >= 0.3 is 6.09 Å². The Labute approximate surface area is 146 Å². The van der Waals surface area contributed by atoms with Gasteiger partial charge in [-0.2, -0.15) is 0 Å². The minimum Gasteiger partial charge on any atom is -0.449 e. The number of anilines is 1. The highest BCUT2D eigenvalue weighted by Gasteiger charge is 2.40. The van der Waals surface area contributed by atoms with Crippen molar-refractivity contribution >= 4 is 29.3 Å². The zero-order valence-corrected chi connectivity index (χ0v) is 14.8. The van der Waals surface area contributed by atoms with Crippen molar-refractivity contribution in [1.82, 2.24) is 4.90 Å². The second-order valence-electron chi connectivity index (χ2n) is 6.48. The Morgan fingerprint density at radius 2 is 2.17 bits per heavy atom. The molecular weight excluding hydrogens is 332 g/mol. The van der Waals surface area contributed by atoms with Gasteiger partial charge in [-0.1, -0.05) is 31.5 Å². The van der Waals surface area contributed by atoms with Crippen LogP contribution in [0.5, 0.6) is 0 Å².